The maximum Gasteiger partial charge on any atom is 0.0681 e. The molecular weight excluding hydrogens is 292 g/mol. The van der Waals surface area contributed by atoms with Gasteiger partial charge in [0.1, 0.15) is 0 Å². The van der Waals surface area contributed by atoms with Gasteiger partial charge in [0.2, 0.25) is 0 Å². The predicted octanol–water partition coefficient (Wildman–Crippen LogP) is 4.19. The Morgan fingerprint density at radius 1 is 1.05 bits per heavy atom. The first-order valence-electron chi connectivity index (χ1n) is 8.29. The molecule has 1 aliphatic carbocycles. The molecule has 1 aromatic rings. The van der Waals surface area contributed by atoms with Crippen molar-refractivity contribution in [1.29, 1.82) is 0 Å². The molecule has 0 aromatic heterocycles. The van der Waals surface area contributed by atoms with Crippen LogP contribution in [0.4, 0.5) is 0 Å². The Kier molecular flexibility index (Phi) is 3.89. The third-order valence-electron chi connectivity index (χ3n) is 4.89. The van der Waals surface area contributed by atoms with E-state index in [0.717, 1.165) is 56.8 Å². The van der Waals surface area contributed by atoms with Crippen LogP contribution < -0.4 is 5.32 Å². The average Bonchev–Trinajstić information content (AvgIpc) is 2.72. The third-order valence-corrected chi connectivity index (χ3v) is 5.13. The van der Waals surface area contributed by atoms with Gasteiger partial charge in [-0.2, -0.15) is 0 Å². The molecule has 22 heavy (non-hydrogen) atoms. The number of halogens is 1. The zero-order chi connectivity index (χ0) is 14.9. The molecule has 3 heteroatoms. The van der Waals surface area contributed by atoms with Crippen LogP contribution in [0.5, 0.6) is 0 Å². The number of hydrogen-bond donors (Lipinski definition) is 1. The van der Waals surface area contributed by atoms with E-state index in [1.54, 1.807) is 5.57 Å². The highest BCUT2D eigenvalue weighted by Gasteiger charge is 2.26. The van der Waals surface area contributed by atoms with Gasteiger partial charge in [-0.3, -0.25) is 4.99 Å². The summed E-state index contributed by atoms with van der Waals surface area (Å²) in [5.41, 5.74) is 8.44. The lowest BCUT2D eigenvalue weighted by Crippen LogP contribution is -2.25. The Bertz CT molecular complexity index is 689. The number of nitrogens with zero attached hydrogens (tertiary/aromatic N) is 1. The van der Waals surface area contributed by atoms with Gasteiger partial charge in [-0.15, -0.1) is 0 Å². The molecule has 0 spiro atoms. The van der Waals surface area contributed by atoms with Gasteiger partial charge in [0.05, 0.1) is 5.71 Å². The minimum atomic E-state index is 0.842. The van der Waals surface area contributed by atoms with Crippen LogP contribution in [-0.2, 0) is 6.42 Å². The summed E-state index contributed by atoms with van der Waals surface area (Å²) in [4.78, 5) is 4.93. The smallest absolute Gasteiger partial charge is 0.0681 e. The van der Waals surface area contributed by atoms with Crippen molar-refractivity contribution in [1.82, 2.24) is 5.32 Å². The van der Waals surface area contributed by atoms with Crippen molar-refractivity contribution >= 4 is 22.9 Å². The van der Waals surface area contributed by atoms with E-state index < -0.39 is 0 Å². The Balaban J connectivity index is 1.93. The number of benzene rings is 1. The molecule has 2 aliphatic heterocycles. The number of dihydropyridines is 1. The maximum absolute atomic E-state index is 6.25. The first-order valence-corrected chi connectivity index (χ1v) is 8.66. The number of aryl methyl sites for hydroxylation is 1. The van der Waals surface area contributed by atoms with E-state index in [0.29, 0.717) is 0 Å². The van der Waals surface area contributed by atoms with Crippen molar-refractivity contribution in [3.63, 3.8) is 0 Å². The fourth-order valence-electron chi connectivity index (χ4n) is 3.82. The van der Waals surface area contributed by atoms with Crippen LogP contribution in [0.15, 0.2) is 40.4 Å². The summed E-state index contributed by atoms with van der Waals surface area (Å²) >= 11 is 6.25. The van der Waals surface area contributed by atoms with Crippen molar-refractivity contribution < 1.29 is 0 Å². The van der Waals surface area contributed by atoms with Gasteiger partial charge in [-0.05, 0) is 74.0 Å². The molecule has 0 amide bonds. The van der Waals surface area contributed by atoms with Gasteiger partial charge in [0, 0.05) is 17.1 Å². The molecule has 0 saturated carbocycles. The first-order chi connectivity index (χ1) is 10.8. The van der Waals surface area contributed by atoms with Crippen LogP contribution in [0.25, 0.3) is 5.57 Å². The molecule has 1 fully saturated rings. The summed E-state index contributed by atoms with van der Waals surface area (Å²) in [6.07, 6.45) is 7.89. The van der Waals surface area contributed by atoms with Gasteiger partial charge < -0.3 is 5.32 Å². The van der Waals surface area contributed by atoms with Crippen molar-refractivity contribution in [3.8, 4) is 0 Å². The largest absolute Gasteiger partial charge is 0.316 e. The van der Waals surface area contributed by atoms with Gasteiger partial charge in [-0.1, -0.05) is 29.3 Å². The highest BCUT2D eigenvalue weighted by molar-refractivity contribution is 6.34. The molecule has 0 radical (unpaired) electrons. The van der Waals surface area contributed by atoms with Crippen LogP contribution in [0.1, 0.15) is 36.8 Å². The van der Waals surface area contributed by atoms with Gasteiger partial charge in [-0.25, -0.2) is 0 Å². The molecular formula is C19H21ClN2. The van der Waals surface area contributed by atoms with E-state index in [9.17, 15) is 0 Å². The fraction of sp³-hybridized carbons (Fsp3) is 0.421. The van der Waals surface area contributed by atoms with E-state index in [1.165, 1.54) is 28.0 Å². The minimum Gasteiger partial charge on any atom is -0.316 e. The Hall–Kier alpha value is -1.38. The lowest BCUT2D eigenvalue weighted by atomic mass is 9.87. The predicted molar refractivity (Wildman–Crippen MR) is 93.8 cm³/mol. The molecule has 1 saturated heterocycles. The van der Waals surface area contributed by atoms with Crippen LogP contribution >= 0.6 is 11.6 Å². The molecule has 114 valence electrons. The van der Waals surface area contributed by atoms with E-state index >= 15 is 0 Å². The average molecular weight is 313 g/mol. The first kappa shape index (κ1) is 14.2. The molecule has 0 bridgehead atoms. The maximum atomic E-state index is 6.25. The lowest BCUT2D eigenvalue weighted by molar-refractivity contribution is 0.612. The third kappa shape index (κ3) is 2.55. The summed E-state index contributed by atoms with van der Waals surface area (Å²) in [5.74, 6) is 0. The van der Waals surface area contributed by atoms with E-state index in [4.69, 9.17) is 16.6 Å². The second-order valence-electron chi connectivity index (χ2n) is 6.28. The summed E-state index contributed by atoms with van der Waals surface area (Å²) in [6.45, 7) is 3.08. The number of piperidine rings is 1. The lowest BCUT2D eigenvalue weighted by Gasteiger charge is -2.23. The standard InChI is InChI=1S/C19H21ClN2/c20-16-5-6-17-15(12-16)4-3-14-2-1-9-22-19(14)18(17)13-7-10-21-11-8-13/h2,5-6,12,21H,1,3-4,7-11H2. The van der Waals surface area contributed by atoms with Crippen molar-refractivity contribution in [3.05, 3.63) is 51.6 Å². The van der Waals surface area contributed by atoms with Crippen LogP contribution in [-0.4, -0.2) is 25.3 Å². The molecule has 1 aromatic carbocycles. The number of nitrogens with one attached hydrogen (secondary N) is 1. The molecule has 1 N–H and O–H groups in total. The van der Waals surface area contributed by atoms with Crippen molar-refractivity contribution in [2.75, 3.05) is 19.6 Å². The Morgan fingerprint density at radius 2 is 1.91 bits per heavy atom. The topological polar surface area (TPSA) is 24.4 Å². The number of rotatable bonds is 0. The van der Waals surface area contributed by atoms with Crippen molar-refractivity contribution in [2.45, 2.75) is 32.1 Å². The van der Waals surface area contributed by atoms with E-state index in [1.807, 2.05) is 6.07 Å². The second kappa shape index (κ2) is 6.02. The zero-order valence-electron chi connectivity index (χ0n) is 12.8. The van der Waals surface area contributed by atoms with Gasteiger partial charge >= 0.3 is 0 Å². The monoisotopic (exact) mass is 312 g/mol. The zero-order valence-corrected chi connectivity index (χ0v) is 13.5. The number of fused-ring (bicyclic) bond motifs is 2. The second-order valence-corrected chi connectivity index (χ2v) is 6.71. The molecule has 0 atom stereocenters. The quantitative estimate of drug-likeness (QED) is 0.763. The highest BCUT2D eigenvalue weighted by atomic mass is 35.5. The van der Waals surface area contributed by atoms with Gasteiger partial charge in [0.25, 0.3) is 0 Å². The van der Waals surface area contributed by atoms with Crippen LogP contribution in [0.2, 0.25) is 5.02 Å². The molecule has 0 unspecified atom stereocenters. The molecule has 2 heterocycles. The SMILES string of the molecule is Clc1ccc2c(c1)CCC1=CCCN=C1C2=C1CCNCC1. The van der Waals surface area contributed by atoms with Crippen LogP contribution in [0.3, 0.4) is 0 Å². The summed E-state index contributed by atoms with van der Waals surface area (Å²) in [5, 5.41) is 4.31. The number of aliphatic imine (C=N–C) groups is 1. The molecule has 4 rings (SSSR count). The molecule has 2 nitrogen and oxygen atoms in total. The number of hydrogen-bond acceptors (Lipinski definition) is 2. The van der Waals surface area contributed by atoms with Crippen LogP contribution in [0, 0.1) is 0 Å². The van der Waals surface area contributed by atoms with E-state index in [-0.39, 0.29) is 0 Å². The highest BCUT2D eigenvalue weighted by Crippen LogP contribution is 2.37. The Morgan fingerprint density at radius 3 is 2.77 bits per heavy atom. The molecule has 3 aliphatic rings. The minimum absolute atomic E-state index is 0.842. The summed E-state index contributed by atoms with van der Waals surface area (Å²) in [7, 11) is 0. The summed E-state index contributed by atoms with van der Waals surface area (Å²) in [6, 6.07) is 6.39. The van der Waals surface area contributed by atoms with Gasteiger partial charge in [0.15, 0.2) is 0 Å². The summed E-state index contributed by atoms with van der Waals surface area (Å²) < 4.78 is 0. The number of allylic oxidation sites excluding steroid dienone is 2. The fourth-order valence-corrected chi connectivity index (χ4v) is 4.01. The normalized spacial score (nSPS) is 21.5. The van der Waals surface area contributed by atoms with E-state index in [2.05, 4.69) is 23.5 Å². The Labute approximate surface area is 137 Å². The van der Waals surface area contributed by atoms with Crippen molar-refractivity contribution in [2.24, 2.45) is 4.99 Å².